The van der Waals surface area contributed by atoms with Crippen molar-refractivity contribution in [1.82, 2.24) is 19.5 Å². The number of aliphatic hydroxyl groups is 1. The van der Waals surface area contributed by atoms with Crippen molar-refractivity contribution in [3.8, 4) is 0 Å². The highest BCUT2D eigenvalue weighted by atomic mass is 19.1. The first-order valence-corrected chi connectivity index (χ1v) is 11.4. The van der Waals surface area contributed by atoms with E-state index in [4.69, 9.17) is 4.98 Å². The molecule has 174 valence electrons. The quantitative estimate of drug-likeness (QED) is 0.443. The van der Waals surface area contributed by atoms with E-state index < -0.39 is 17.7 Å². The monoisotopic (exact) mass is 454 g/mol. The third-order valence-corrected chi connectivity index (χ3v) is 6.70. The van der Waals surface area contributed by atoms with Crippen LogP contribution in [0.5, 0.6) is 0 Å². The molecule has 2 heterocycles. The van der Waals surface area contributed by atoms with E-state index in [0.29, 0.717) is 42.3 Å². The van der Waals surface area contributed by atoms with Crippen molar-refractivity contribution in [3.63, 3.8) is 0 Å². The molecule has 0 aliphatic heterocycles. The number of hydrogen-bond acceptors (Lipinski definition) is 7. The molecule has 1 aromatic carbocycles. The van der Waals surface area contributed by atoms with Crippen LogP contribution in [0, 0.1) is 11.7 Å². The lowest BCUT2D eigenvalue weighted by Crippen LogP contribution is -2.29. The lowest BCUT2D eigenvalue weighted by molar-refractivity contribution is -0.141. The molecule has 10 heteroatoms. The number of aliphatic carboxylic acids is 1. The molecule has 2 aliphatic rings. The van der Waals surface area contributed by atoms with Gasteiger partial charge in [-0.15, -0.1) is 0 Å². The lowest BCUT2D eigenvalue weighted by atomic mass is 9.93. The minimum absolute atomic E-state index is 0.127. The number of carbonyl (C=O) groups is 1. The van der Waals surface area contributed by atoms with Crippen molar-refractivity contribution in [3.05, 3.63) is 36.3 Å². The molecule has 9 nitrogen and oxygen atoms in total. The predicted molar refractivity (Wildman–Crippen MR) is 121 cm³/mol. The van der Waals surface area contributed by atoms with Gasteiger partial charge in [-0.05, 0) is 57.1 Å². The molecular weight excluding hydrogens is 427 g/mol. The fraction of sp³-hybridized carbons (Fsp3) is 0.478. The number of carboxylic acids is 1. The van der Waals surface area contributed by atoms with Gasteiger partial charge in [0.05, 0.1) is 23.9 Å². The third-order valence-electron chi connectivity index (χ3n) is 6.70. The maximum absolute atomic E-state index is 14.3. The van der Waals surface area contributed by atoms with Crippen molar-refractivity contribution in [2.24, 2.45) is 5.92 Å². The average Bonchev–Trinajstić information content (AvgIpc) is 3.41. The highest BCUT2D eigenvalue weighted by molar-refractivity contribution is 5.77. The van der Waals surface area contributed by atoms with Gasteiger partial charge in [-0.1, -0.05) is 12.1 Å². The molecule has 33 heavy (non-hydrogen) atoms. The van der Waals surface area contributed by atoms with E-state index in [9.17, 15) is 19.4 Å². The number of aliphatic hydroxyl groups excluding tert-OH is 1. The van der Waals surface area contributed by atoms with Crippen molar-refractivity contribution in [1.29, 1.82) is 0 Å². The van der Waals surface area contributed by atoms with E-state index in [-0.39, 0.29) is 23.9 Å². The Morgan fingerprint density at radius 2 is 1.88 bits per heavy atom. The fourth-order valence-electron chi connectivity index (χ4n) is 4.90. The van der Waals surface area contributed by atoms with Gasteiger partial charge in [0.15, 0.2) is 5.65 Å². The van der Waals surface area contributed by atoms with Gasteiger partial charge in [0, 0.05) is 12.1 Å². The van der Waals surface area contributed by atoms with E-state index in [1.165, 1.54) is 6.07 Å². The lowest BCUT2D eigenvalue weighted by Gasteiger charge is -2.26. The summed E-state index contributed by atoms with van der Waals surface area (Å²) in [6, 6.07) is 6.40. The Kier molecular flexibility index (Phi) is 5.84. The Bertz CT molecular complexity index is 1160. The summed E-state index contributed by atoms with van der Waals surface area (Å²) < 4.78 is 16.2. The molecule has 2 fully saturated rings. The number of benzene rings is 1. The third kappa shape index (κ3) is 4.47. The zero-order chi connectivity index (χ0) is 22.9. The van der Waals surface area contributed by atoms with Crippen LogP contribution in [0.25, 0.3) is 11.2 Å². The number of rotatable bonds is 6. The van der Waals surface area contributed by atoms with Crippen molar-refractivity contribution in [2.45, 2.75) is 63.1 Å². The molecule has 0 saturated heterocycles. The van der Waals surface area contributed by atoms with Crippen LogP contribution < -0.4 is 10.6 Å². The minimum Gasteiger partial charge on any atom is -0.481 e. The van der Waals surface area contributed by atoms with Crippen LogP contribution in [-0.4, -0.2) is 47.8 Å². The summed E-state index contributed by atoms with van der Waals surface area (Å²) >= 11 is 0. The van der Waals surface area contributed by atoms with Crippen LogP contribution in [0.3, 0.4) is 0 Å². The van der Waals surface area contributed by atoms with Gasteiger partial charge in [0.1, 0.15) is 11.3 Å². The summed E-state index contributed by atoms with van der Waals surface area (Å²) in [5.41, 5.74) is 1.42. The fourth-order valence-corrected chi connectivity index (χ4v) is 4.90. The van der Waals surface area contributed by atoms with Crippen molar-refractivity contribution >= 4 is 34.7 Å². The van der Waals surface area contributed by atoms with Crippen LogP contribution in [0.1, 0.15) is 51.0 Å². The number of halogens is 1. The summed E-state index contributed by atoms with van der Waals surface area (Å²) in [5.74, 6) is -0.753. The molecule has 2 aromatic heterocycles. The summed E-state index contributed by atoms with van der Waals surface area (Å²) in [7, 11) is 0. The van der Waals surface area contributed by atoms with Crippen LogP contribution in [-0.2, 0) is 4.79 Å². The Labute approximate surface area is 190 Å². The Morgan fingerprint density at radius 3 is 2.61 bits per heavy atom. The van der Waals surface area contributed by atoms with Gasteiger partial charge in [-0.25, -0.2) is 14.4 Å². The second-order valence-corrected chi connectivity index (χ2v) is 8.96. The first-order chi connectivity index (χ1) is 16.0. The second kappa shape index (κ2) is 8.93. The van der Waals surface area contributed by atoms with E-state index in [1.807, 2.05) is 4.57 Å². The number of imidazole rings is 1. The van der Waals surface area contributed by atoms with Crippen LogP contribution in [0.2, 0.25) is 0 Å². The van der Waals surface area contributed by atoms with E-state index in [2.05, 4.69) is 20.6 Å². The highest BCUT2D eigenvalue weighted by Gasteiger charge is 2.33. The summed E-state index contributed by atoms with van der Waals surface area (Å²) in [6.07, 6.45) is 6.25. The number of nitrogens with zero attached hydrogens (tertiary/aromatic N) is 4. The molecule has 5 rings (SSSR count). The standard InChI is InChI=1S/C23H27FN6O3/c24-17-3-1-2-4-18(17)27-23-28-19-12-25-22(26-14-6-9-16(31)10-7-14)29-20(19)30(23)15-8-5-13(11-15)21(32)33/h1-4,12-16,31H,5-11H2,(H,27,28)(H,32,33)(H,25,26,29). The molecule has 0 amide bonds. The number of carboxylic acid groups (broad SMARTS) is 1. The van der Waals surface area contributed by atoms with E-state index >= 15 is 0 Å². The second-order valence-electron chi connectivity index (χ2n) is 8.96. The van der Waals surface area contributed by atoms with Crippen molar-refractivity contribution < 1.29 is 19.4 Å². The van der Waals surface area contributed by atoms with E-state index in [0.717, 1.165) is 25.7 Å². The topological polar surface area (TPSA) is 125 Å². The van der Waals surface area contributed by atoms with Gasteiger partial charge < -0.3 is 20.8 Å². The number of fused-ring (bicyclic) bond motifs is 1. The number of para-hydroxylation sites is 1. The zero-order valence-electron chi connectivity index (χ0n) is 18.1. The predicted octanol–water partition coefficient (Wildman–Crippen LogP) is 3.85. The van der Waals surface area contributed by atoms with Crippen LogP contribution >= 0.6 is 0 Å². The number of hydrogen-bond donors (Lipinski definition) is 4. The van der Waals surface area contributed by atoms with Gasteiger partial charge in [0.2, 0.25) is 11.9 Å². The summed E-state index contributed by atoms with van der Waals surface area (Å²) in [6.45, 7) is 0. The number of anilines is 3. The van der Waals surface area contributed by atoms with Crippen molar-refractivity contribution in [2.75, 3.05) is 10.6 Å². The maximum atomic E-state index is 14.3. The first kappa shape index (κ1) is 21.6. The summed E-state index contributed by atoms with van der Waals surface area (Å²) in [5, 5.41) is 25.7. The normalized spacial score (nSPS) is 25.3. The number of nitrogens with one attached hydrogen (secondary N) is 2. The molecule has 3 aromatic rings. The molecule has 0 radical (unpaired) electrons. The van der Waals surface area contributed by atoms with Gasteiger partial charge in [-0.3, -0.25) is 9.36 Å². The molecule has 2 saturated carbocycles. The van der Waals surface area contributed by atoms with Gasteiger partial charge in [0.25, 0.3) is 0 Å². The molecule has 2 unspecified atom stereocenters. The maximum Gasteiger partial charge on any atom is 0.306 e. The molecule has 0 bridgehead atoms. The Morgan fingerprint density at radius 1 is 1.09 bits per heavy atom. The van der Waals surface area contributed by atoms with Crippen LogP contribution in [0.15, 0.2) is 30.5 Å². The molecule has 2 atom stereocenters. The molecule has 0 spiro atoms. The molecular formula is C23H27FN6O3. The Balaban J connectivity index is 1.50. The van der Waals surface area contributed by atoms with E-state index in [1.54, 1.807) is 24.4 Å². The summed E-state index contributed by atoms with van der Waals surface area (Å²) in [4.78, 5) is 25.3. The largest absolute Gasteiger partial charge is 0.481 e. The molecule has 4 N–H and O–H groups in total. The van der Waals surface area contributed by atoms with Crippen LogP contribution in [0.4, 0.5) is 22.0 Å². The highest BCUT2D eigenvalue weighted by Crippen LogP contribution is 2.39. The zero-order valence-corrected chi connectivity index (χ0v) is 18.1. The Hall–Kier alpha value is -3.27. The van der Waals surface area contributed by atoms with Gasteiger partial charge >= 0.3 is 5.97 Å². The average molecular weight is 455 g/mol. The molecule has 2 aliphatic carbocycles. The SMILES string of the molecule is O=C(O)C1CCC(n2c(Nc3ccccc3F)nc3cnc(NC4CCC(O)CC4)nc32)C1. The smallest absolute Gasteiger partial charge is 0.306 e. The number of aromatic nitrogens is 4. The minimum atomic E-state index is -0.804. The van der Waals surface area contributed by atoms with Gasteiger partial charge in [-0.2, -0.15) is 4.98 Å². The first-order valence-electron chi connectivity index (χ1n) is 11.4.